The van der Waals surface area contributed by atoms with E-state index in [0.29, 0.717) is 0 Å². The van der Waals surface area contributed by atoms with Crippen molar-refractivity contribution in [2.24, 2.45) is 0 Å². The summed E-state index contributed by atoms with van der Waals surface area (Å²) in [6.07, 6.45) is -0.708. The highest BCUT2D eigenvalue weighted by Crippen LogP contribution is 2.36. The number of nitrogens with zero attached hydrogens (tertiary/aromatic N) is 2. The Labute approximate surface area is 145 Å². The highest BCUT2D eigenvalue weighted by molar-refractivity contribution is 5.58. The molecule has 0 aromatic heterocycles. The van der Waals surface area contributed by atoms with Gasteiger partial charge < -0.3 is 10.4 Å². The molecule has 0 aliphatic carbocycles. The Kier molecular flexibility index (Phi) is 5.25. The summed E-state index contributed by atoms with van der Waals surface area (Å²) in [5.74, 6) is 0. The van der Waals surface area contributed by atoms with Gasteiger partial charge in [-0.1, -0.05) is 12.1 Å². The average Bonchev–Trinajstić information content (AvgIpc) is 2.45. The maximum Gasteiger partial charge on any atom is 0.514 e. The number of anilines is 1. The smallest absolute Gasteiger partial charge is 0.435 e. The molecule has 5 heteroatoms. The number of carbonyl (C=O) groups is 1. The molecule has 134 valence electrons. The second kappa shape index (κ2) is 6.73. The normalized spacial score (nSPS) is 28.6. The molecule has 2 N–H and O–H groups in total. The van der Waals surface area contributed by atoms with Crippen molar-refractivity contribution in [1.29, 1.82) is 0 Å². The van der Waals surface area contributed by atoms with Gasteiger partial charge in [0.15, 0.2) is 0 Å². The zero-order valence-electron chi connectivity index (χ0n) is 15.8. The molecule has 1 amide bonds. The van der Waals surface area contributed by atoms with Crippen LogP contribution in [-0.2, 0) is 6.54 Å². The maximum atomic E-state index is 12.2. The molecular weight excluding hydrogens is 302 g/mol. The van der Waals surface area contributed by atoms with Crippen LogP contribution in [0.4, 0.5) is 10.5 Å². The first-order chi connectivity index (χ1) is 11.1. The molecule has 1 heterocycles. The molecule has 1 unspecified atom stereocenters. The van der Waals surface area contributed by atoms with Crippen molar-refractivity contribution in [2.45, 2.75) is 58.8 Å². The molecule has 1 saturated heterocycles. The molecule has 1 aromatic carbocycles. The molecule has 0 saturated carbocycles. The highest BCUT2D eigenvalue weighted by atomic mass is 16.4. The number of rotatable bonds is 3. The van der Waals surface area contributed by atoms with Gasteiger partial charge in [0.25, 0.3) is 0 Å². The molecule has 1 aliphatic rings. The lowest BCUT2D eigenvalue weighted by Crippen LogP contribution is -2.77. The van der Waals surface area contributed by atoms with Crippen molar-refractivity contribution in [1.82, 2.24) is 4.90 Å². The number of quaternary nitrogens is 1. The van der Waals surface area contributed by atoms with E-state index < -0.39 is 6.09 Å². The Morgan fingerprint density at radius 2 is 1.71 bits per heavy atom. The molecule has 5 nitrogen and oxygen atoms in total. The van der Waals surface area contributed by atoms with Crippen molar-refractivity contribution in [3.8, 4) is 0 Å². The molecule has 1 aliphatic heterocycles. The predicted octanol–water partition coefficient (Wildman–Crippen LogP) is 3.61. The van der Waals surface area contributed by atoms with Crippen molar-refractivity contribution in [3.63, 3.8) is 0 Å². The monoisotopic (exact) mass is 334 g/mol. The summed E-state index contributed by atoms with van der Waals surface area (Å²) in [5, 5.41) is 13.2. The third-order valence-corrected chi connectivity index (χ3v) is 5.51. The zero-order chi connectivity index (χ0) is 18.1. The van der Waals surface area contributed by atoms with E-state index in [0.717, 1.165) is 25.3 Å². The summed E-state index contributed by atoms with van der Waals surface area (Å²) in [5.41, 5.74) is 2.04. The van der Waals surface area contributed by atoms with Crippen molar-refractivity contribution < 1.29 is 14.4 Å². The number of amides is 1. The fraction of sp³-hybridized carbons (Fsp3) is 0.632. The van der Waals surface area contributed by atoms with Gasteiger partial charge >= 0.3 is 6.09 Å². The summed E-state index contributed by atoms with van der Waals surface area (Å²) < 4.78 is 0.127. The van der Waals surface area contributed by atoms with Crippen LogP contribution in [0.3, 0.4) is 0 Å². The molecule has 3 atom stereocenters. The average molecular weight is 334 g/mol. The van der Waals surface area contributed by atoms with Crippen molar-refractivity contribution in [3.05, 3.63) is 29.8 Å². The molecule has 0 spiro atoms. The van der Waals surface area contributed by atoms with Crippen LogP contribution < -0.4 is 5.32 Å². The SMILES string of the molecule is CNc1ccc(CN2C[C@@H](C)[N+](C(=O)O)(C(C)(C)C)[C@@H](C)C2)cc1. The highest BCUT2D eigenvalue weighted by Gasteiger charge is 2.58. The number of hydrogen-bond acceptors (Lipinski definition) is 3. The Balaban J connectivity index is 2.18. The van der Waals surface area contributed by atoms with E-state index in [2.05, 4.69) is 48.3 Å². The van der Waals surface area contributed by atoms with E-state index in [1.54, 1.807) is 0 Å². The second-order valence-electron chi connectivity index (χ2n) is 8.07. The Morgan fingerprint density at radius 3 is 2.08 bits per heavy atom. The summed E-state index contributed by atoms with van der Waals surface area (Å²) in [6.45, 7) is 12.7. The van der Waals surface area contributed by atoms with Crippen LogP contribution in [-0.4, -0.2) is 58.3 Å². The van der Waals surface area contributed by atoms with Gasteiger partial charge in [0.1, 0.15) is 17.6 Å². The third-order valence-electron chi connectivity index (χ3n) is 5.51. The second-order valence-corrected chi connectivity index (χ2v) is 8.07. The van der Waals surface area contributed by atoms with Gasteiger partial charge in [0, 0.05) is 19.3 Å². The molecule has 1 aromatic rings. The van der Waals surface area contributed by atoms with Gasteiger partial charge in [-0.05, 0) is 52.3 Å². The molecule has 0 bridgehead atoms. The van der Waals surface area contributed by atoms with Crippen LogP contribution in [0.25, 0.3) is 0 Å². The van der Waals surface area contributed by atoms with Gasteiger partial charge in [-0.25, -0.2) is 4.48 Å². The summed E-state index contributed by atoms with van der Waals surface area (Å²) >= 11 is 0. The lowest BCUT2D eigenvalue weighted by atomic mass is 9.91. The van der Waals surface area contributed by atoms with E-state index in [1.807, 2.05) is 27.8 Å². The molecule has 1 fully saturated rings. The minimum absolute atomic E-state index is 0.0443. The standard InChI is InChI=1S/C19H31N3O2/c1-14-11-21(13-16-7-9-17(20-6)10-8-16)12-15(2)22(14,18(23)24)19(3,4)5/h7-10,14-15,20H,11-13H2,1-6H3/p+1/t14-,15+,22?. The Morgan fingerprint density at radius 1 is 1.21 bits per heavy atom. The van der Waals surface area contributed by atoms with Crippen molar-refractivity contribution >= 4 is 11.8 Å². The topological polar surface area (TPSA) is 52.6 Å². The molecule has 24 heavy (non-hydrogen) atoms. The van der Waals surface area contributed by atoms with Gasteiger partial charge in [-0.3, -0.25) is 4.90 Å². The van der Waals surface area contributed by atoms with Crippen LogP contribution in [0.1, 0.15) is 40.2 Å². The lowest BCUT2D eigenvalue weighted by Gasteiger charge is -2.55. The molecular formula is C19H32N3O2+. The molecule has 0 radical (unpaired) electrons. The van der Waals surface area contributed by atoms with E-state index in [4.69, 9.17) is 0 Å². The first-order valence-electron chi connectivity index (χ1n) is 8.74. The number of nitrogens with one attached hydrogen (secondary N) is 1. The van der Waals surface area contributed by atoms with Gasteiger partial charge in [-0.2, -0.15) is 4.79 Å². The van der Waals surface area contributed by atoms with Crippen LogP contribution >= 0.6 is 0 Å². The van der Waals surface area contributed by atoms with E-state index in [1.165, 1.54) is 5.56 Å². The Bertz CT molecular complexity index is 565. The van der Waals surface area contributed by atoms with Gasteiger partial charge in [0.2, 0.25) is 0 Å². The summed E-state index contributed by atoms with van der Waals surface area (Å²) in [4.78, 5) is 14.6. The zero-order valence-corrected chi connectivity index (χ0v) is 15.8. The molecule has 2 rings (SSSR count). The minimum atomic E-state index is -0.708. The fourth-order valence-corrected chi connectivity index (χ4v) is 4.66. The first-order valence-corrected chi connectivity index (χ1v) is 8.74. The van der Waals surface area contributed by atoms with E-state index in [9.17, 15) is 9.90 Å². The minimum Gasteiger partial charge on any atom is -0.435 e. The number of carboxylic acid groups (broad SMARTS) is 1. The number of hydrogen-bond donors (Lipinski definition) is 2. The number of benzene rings is 1. The van der Waals surface area contributed by atoms with Crippen LogP contribution in [0.2, 0.25) is 0 Å². The maximum absolute atomic E-state index is 12.2. The quantitative estimate of drug-likeness (QED) is 0.829. The first kappa shape index (κ1) is 18.7. The van der Waals surface area contributed by atoms with Crippen LogP contribution in [0.5, 0.6) is 0 Å². The third kappa shape index (κ3) is 3.15. The largest absolute Gasteiger partial charge is 0.514 e. The van der Waals surface area contributed by atoms with E-state index >= 15 is 0 Å². The summed E-state index contributed by atoms with van der Waals surface area (Å²) in [6, 6.07) is 8.53. The van der Waals surface area contributed by atoms with Crippen molar-refractivity contribution in [2.75, 3.05) is 25.5 Å². The fourth-order valence-electron chi connectivity index (χ4n) is 4.66. The lowest BCUT2D eigenvalue weighted by molar-refractivity contribution is -0.949. The number of piperazine rings is 1. The predicted molar refractivity (Wildman–Crippen MR) is 98.2 cm³/mol. The van der Waals surface area contributed by atoms with Gasteiger partial charge in [-0.15, -0.1) is 0 Å². The van der Waals surface area contributed by atoms with Crippen LogP contribution in [0.15, 0.2) is 24.3 Å². The Hall–Kier alpha value is -1.59. The van der Waals surface area contributed by atoms with E-state index in [-0.39, 0.29) is 22.1 Å². The van der Waals surface area contributed by atoms with Gasteiger partial charge in [0.05, 0.1) is 13.1 Å². The van der Waals surface area contributed by atoms with Crippen LogP contribution in [0, 0.1) is 0 Å². The summed E-state index contributed by atoms with van der Waals surface area (Å²) in [7, 11) is 1.92.